The van der Waals surface area contributed by atoms with Crippen molar-refractivity contribution in [1.29, 1.82) is 0 Å². The zero-order valence-electron chi connectivity index (χ0n) is 13.7. The van der Waals surface area contributed by atoms with Crippen LogP contribution in [0.4, 0.5) is 0 Å². The molecule has 26 heavy (non-hydrogen) atoms. The van der Waals surface area contributed by atoms with Crippen molar-refractivity contribution < 1.29 is 14.2 Å². The summed E-state index contributed by atoms with van der Waals surface area (Å²) >= 11 is 20.7. The van der Waals surface area contributed by atoms with Gasteiger partial charge >= 0.3 is 0 Å². The maximum absolute atomic E-state index is 6.20. The topological polar surface area (TPSA) is 53.5 Å². The van der Waals surface area contributed by atoms with E-state index in [2.05, 4.69) is 32.8 Å². The van der Waals surface area contributed by atoms with Crippen molar-refractivity contribution in [2.45, 2.75) is 32.0 Å². The molecular formula is C17H16Cl3IN2O3. The number of hydrogen-bond acceptors (Lipinski definition) is 5. The van der Waals surface area contributed by atoms with Crippen LogP contribution in [0.25, 0.3) is 0 Å². The molecule has 1 atom stereocenters. The van der Waals surface area contributed by atoms with E-state index < -0.39 is 0 Å². The van der Waals surface area contributed by atoms with E-state index >= 15 is 0 Å². The van der Waals surface area contributed by atoms with E-state index in [0.29, 0.717) is 34.0 Å². The second-order valence-corrected chi connectivity index (χ2v) is 8.13. The number of benzene rings is 1. The number of hydrogen-bond donors (Lipinski definition) is 0. The number of ether oxygens (including phenoxy) is 3. The van der Waals surface area contributed by atoms with Crippen molar-refractivity contribution in [2.24, 2.45) is 0 Å². The van der Waals surface area contributed by atoms with Crippen LogP contribution in [0.15, 0.2) is 18.2 Å². The van der Waals surface area contributed by atoms with E-state index in [0.717, 1.165) is 35.0 Å². The van der Waals surface area contributed by atoms with Gasteiger partial charge in [-0.3, -0.25) is 0 Å². The highest BCUT2D eigenvalue weighted by Gasteiger charge is 2.16. The lowest BCUT2D eigenvalue weighted by molar-refractivity contribution is -0.161. The first kappa shape index (κ1) is 20.4. The largest absolute Gasteiger partial charge is 0.434 e. The fraction of sp³-hybridized carbons (Fsp3) is 0.412. The Bertz CT molecular complexity index is 750. The monoisotopic (exact) mass is 528 g/mol. The molecule has 1 aliphatic heterocycles. The molecule has 0 spiro atoms. The Morgan fingerprint density at radius 2 is 1.88 bits per heavy atom. The third kappa shape index (κ3) is 5.56. The van der Waals surface area contributed by atoms with E-state index in [1.54, 1.807) is 18.2 Å². The predicted molar refractivity (Wildman–Crippen MR) is 110 cm³/mol. The van der Waals surface area contributed by atoms with Gasteiger partial charge in [-0.05, 0) is 66.0 Å². The van der Waals surface area contributed by atoms with Gasteiger partial charge in [0, 0.05) is 16.2 Å². The van der Waals surface area contributed by atoms with E-state index in [1.807, 2.05) is 0 Å². The summed E-state index contributed by atoms with van der Waals surface area (Å²) in [5.41, 5.74) is 0.769. The van der Waals surface area contributed by atoms with Gasteiger partial charge in [0.25, 0.3) is 0 Å². The average Bonchev–Trinajstić information content (AvgIpc) is 2.61. The Morgan fingerprint density at radius 1 is 1.12 bits per heavy atom. The van der Waals surface area contributed by atoms with Crippen LogP contribution >= 0.6 is 57.4 Å². The first-order valence-corrected chi connectivity index (χ1v) is 10.3. The van der Waals surface area contributed by atoms with Crippen molar-refractivity contribution in [3.05, 3.63) is 42.5 Å². The summed E-state index contributed by atoms with van der Waals surface area (Å²) in [6, 6.07) is 5.22. The van der Waals surface area contributed by atoms with Gasteiger partial charge in [-0.25, -0.2) is 0 Å². The van der Waals surface area contributed by atoms with E-state index in [4.69, 9.17) is 49.0 Å². The number of aromatic nitrogens is 2. The van der Waals surface area contributed by atoms with Crippen LogP contribution in [0.3, 0.4) is 0 Å². The van der Waals surface area contributed by atoms with E-state index in [1.165, 1.54) is 0 Å². The van der Waals surface area contributed by atoms with Crippen LogP contribution in [0.5, 0.6) is 11.6 Å². The second-order valence-electron chi connectivity index (χ2n) is 5.72. The van der Waals surface area contributed by atoms with Crippen LogP contribution in [0, 0.1) is 3.57 Å². The molecule has 0 saturated carbocycles. The normalized spacial score (nSPS) is 17.3. The molecule has 0 unspecified atom stereocenters. The van der Waals surface area contributed by atoms with Gasteiger partial charge in [0.2, 0.25) is 5.88 Å². The molecule has 5 nitrogen and oxygen atoms in total. The molecule has 0 amide bonds. The molecule has 0 bridgehead atoms. The number of rotatable bonds is 6. The Kier molecular flexibility index (Phi) is 7.60. The molecule has 2 heterocycles. The highest BCUT2D eigenvalue weighted by molar-refractivity contribution is 14.1. The minimum absolute atomic E-state index is 0.141. The molecule has 0 radical (unpaired) electrons. The highest BCUT2D eigenvalue weighted by atomic mass is 127. The Labute approximate surface area is 180 Å². The highest BCUT2D eigenvalue weighted by Crippen LogP contribution is 2.37. The van der Waals surface area contributed by atoms with Crippen LogP contribution in [0.2, 0.25) is 15.2 Å². The van der Waals surface area contributed by atoms with Gasteiger partial charge in [-0.1, -0.05) is 34.8 Å². The molecule has 1 saturated heterocycles. The summed E-state index contributed by atoms with van der Waals surface area (Å²) in [6.45, 7) is 1.22. The third-order valence-electron chi connectivity index (χ3n) is 3.78. The van der Waals surface area contributed by atoms with E-state index in [-0.39, 0.29) is 12.2 Å². The standard InChI is InChI=1S/C17H16Cl3IN2O3/c18-12-8-11(21)9-13(19)16(12)26-14-7-10(17(20)23-22-14)4-6-25-15-3-1-2-5-24-15/h7-9,15H,1-6H2/t15-/m1/s1. The molecule has 0 N–H and O–H groups in total. The van der Waals surface area contributed by atoms with Crippen molar-refractivity contribution >= 4 is 57.4 Å². The lowest BCUT2D eigenvalue weighted by Gasteiger charge is -2.22. The molecule has 1 aliphatic rings. The van der Waals surface area contributed by atoms with Crippen molar-refractivity contribution in [1.82, 2.24) is 10.2 Å². The SMILES string of the molecule is Clc1cc(I)cc(Cl)c1Oc1cc(CCO[C@@H]2CCCCO2)c(Cl)nn1. The average molecular weight is 530 g/mol. The lowest BCUT2D eigenvalue weighted by Crippen LogP contribution is -2.23. The molecule has 3 rings (SSSR count). The summed E-state index contributed by atoms with van der Waals surface area (Å²) in [5, 5.41) is 8.99. The second kappa shape index (κ2) is 9.71. The van der Waals surface area contributed by atoms with Crippen LogP contribution in [-0.2, 0) is 15.9 Å². The molecule has 2 aromatic rings. The summed E-state index contributed by atoms with van der Waals surface area (Å²) in [5.74, 6) is 0.603. The predicted octanol–water partition coefficient (Wildman–Crippen LogP) is 5.92. The molecule has 0 aliphatic carbocycles. The zero-order valence-corrected chi connectivity index (χ0v) is 18.1. The maximum Gasteiger partial charge on any atom is 0.239 e. The summed E-state index contributed by atoms with van der Waals surface area (Å²) in [7, 11) is 0. The zero-order chi connectivity index (χ0) is 18.5. The molecular weight excluding hydrogens is 513 g/mol. The minimum Gasteiger partial charge on any atom is -0.434 e. The van der Waals surface area contributed by atoms with Crippen molar-refractivity contribution in [2.75, 3.05) is 13.2 Å². The van der Waals surface area contributed by atoms with Crippen LogP contribution in [-0.4, -0.2) is 29.7 Å². The maximum atomic E-state index is 6.20. The van der Waals surface area contributed by atoms with Crippen molar-refractivity contribution in [3.63, 3.8) is 0 Å². The summed E-state index contributed by atoms with van der Waals surface area (Å²) in [6.07, 6.45) is 3.55. The fourth-order valence-electron chi connectivity index (χ4n) is 2.49. The van der Waals surface area contributed by atoms with Crippen LogP contribution < -0.4 is 4.74 Å². The Balaban J connectivity index is 1.65. The van der Waals surface area contributed by atoms with Gasteiger partial charge in [-0.15, -0.1) is 10.2 Å². The number of halogens is 4. The Morgan fingerprint density at radius 3 is 2.58 bits per heavy atom. The number of nitrogens with zero attached hydrogens (tertiary/aromatic N) is 2. The molecule has 1 fully saturated rings. The third-order valence-corrected chi connectivity index (χ3v) is 5.28. The molecule has 9 heteroatoms. The fourth-order valence-corrected chi connectivity index (χ4v) is 4.24. The van der Waals surface area contributed by atoms with Gasteiger partial charge in [0.15, 0.2) is 17.2 Å². The van der Waals surface area contributed by atoms with Gasteiger partial charge in [-0.2, -0.15) is 0 Å². The molecule has 1 aromatic heterocycles. The quantitative estimate of drug-likeness (QED) is 0.435. The van der Waals surface area contributed by atoms with Gasteiger partial charge in [0.1, 0.15) is 0 Å². The first-order valence-electron chi connectivity index (χ1n) is 8.10. The van der Waals surface area contributed by atoms with Crippen molar-refractivity contribution in [3.8, 4) is 11.6 Å². The first-order chi connectivity index (χ1) is 12.5. The van der Waals surface area contributed by atoms with Gasteiger partial charge < -0.3 is 14.2 Å². The van der Waals surface area contributed by atoms with E-state index in [9.17, 15) is 0 Å². The van der Waals surface area contributed by atoms with Gasteiger partial charge in [0.05, 0.1) is 16.7 Å². The Hall–Kier alpha value is -0.380. The molecule has 1 aromatic carbocycles. The lowest BCUT2D eigenvalue weighted by atomic mass is 10.2. The smallest absolute Gasteiger partial charge is 0.239 e. The summed E-state index contributed by atoms with van der Waals surface area (Å²) in [4.78, 5) is 0. The van der Waals surface area contributed by atoms with Crippen LogP contribution in [0.1, 0.15) is 24.8 Å². The summed E-state index contributed by atoms with van der Waals surface area (Å²) < 4.78 is 17.9. The molecule has 140 valence electrons. The minimum atomic E-state index is -0.141.